The molecule has 1 saturated heterocycles. The zero-order valence-electron chi connectivity index (χ0n) is 24.2. The summed E-state index contributed by atoms with van der Waals surface area (Å²) < 4.78 is 30.6. The number of aliphatic hydroxyl groups is 1. The molecule has 0 aromatic heterocycles. The number of hydrogen-bond acceptors (Lipinski definition) is 7. The van der Waals surface area contributed by atoms with Crippen molar-refractivity contribution in [2.24, 2.45) is 5.92 Å². The van der Waals surface area contributed by atoms with Gasteiger partial charge in [-0.15, -0.1) is 0 Å². The number of ketones is 1. The first-order chi connectivity index (χ1) is 21.0. The molecule has 5 unspecified atom stereocenters. The van der Waals surface area contributed by atoms with E-state index in [4.69, 9.17) is 13.1 Å². The fourth-order valence-electron chi connectivity index (χ4n) is 8.31. The Hall–Kier alpha value is -3.04. The average molecular weight is 600 g/mol. The molecule has 0 amide bonds. The lowest BCUT2D eigenvalue weighted by molar-refractivity contribution is -0.188. The molecular formula is C35H37NO6S. The van der Waals surface area contributed by atoms with E-state index in [1.165, 1.54) is 29.5 Å². The van der Waals surface area contributed by atoms with Crippen LogP contribution >= 0.6 is 0 Å². The lowest BCUT2D eigenvalue weighted by Crippen LogP contribution is -2.76. The number of likely N-dealkylation sites (tertiary alicyclic amines) is 1. The van der Waals surface area contributed by atoms with Crippen molar-refractivity contribution >= 4 is 17.1 Å². The van der Waals surface area contributed by atoms with Crippen molar-refractivity contribution < 1.29 is 27.2 Å². The third-order valence-electron chi connectivity index (χ3n) is 10.6. The van der Waals surface area contributed by atoms with E-state index in [1.807, 2.05) is 24.3 Å². The largest absolute Gasteiger partial charge is 0.477 e. The zero-order valence-corrected chi connectivity index (χ0v) is 25.0. The predicted molar refractivity (Wildman–Crippen MR) is 163 cm³/mol. The lowest BCUT2D eigenvalue weighted by atomic mass is 9.49. The number of carbonyl (C=O) groups excluding carboxylic acids is 1. The van der Waals surface area contributed by atoms with Crippen LogP contribution in [0.2, 0.25) is 0 Å². The Labute approximate surface area is 255 Å². The molecule has 1 N–H and O–H groups in total. The van der Waals surface area contributed by atoms with Crippen molar-refractivity contribution in [3.8, 4) is 22.6 Å². The monoisotopic (exact) mass is 599 g/mol. The number of benzene rings is 3. The maximum Gasteiger partial charge on any atom is 0.360 e. The highest BCUT2D eigenvalue weighted by Gasteiger charge is 2.73. The van der Waals surface area contributed by atoms with Crippen LogP contribution in [0.1, 0.15) is 55.2 Å². The molecule has 2 heterocycles. The molecule has 3 aliphatic carbocycles. The van der Waals surface area contributed by atoms with Crippen molar-refractivity contribution in [1.29, 1.82) is 0 Å². The molecule has 7 nitrogen and oxygen atoms in total. The summed E-state index contributed by atoms with van der Waals surface area (Å²) in [6, 6.07) is 22.5. The summed E-state index contributed by atoms with van der Waals surface area (Å²) in [5.41, 5.74) is 3.72. The van der Waals surface area contributed by atoms with Crippen molar-refractivity contribution in [2.45, 2.75) is 74.5 Å². The summed E-state index contributed by atoms with van der Waals surface area (Å²) in [4.78, 5) is 15.7. The van der Waals surface area contributed by atoms with Crippen LogP contribution in [0.4, 0.5) is 0 Å². The summed E-state index contributed by atoms with van der Waals surface area (Å²) in [6.45, 7) is 2.13. The number of rotatable bonds is 10. The van der Waals surface area contributed by atoms with Crippen LogP contribution in [-0.2, 0) is 38.6 Å². The first-order valence-corrected chi connectivity index (χ1v) is 16.7. The Bertz CT molecular complexity index is 1570. The van der Waals surface area contributed by atoms with Gasteiger partial charge in [-0.05, 0) is 85.7 Å². The third kappa shape index (κ3) is 4.48. The molecule has 5 atom stereocenters. The summed E-state index contributed by atoms with van der Waals surface area (Å²) in [6.07, 6.45) is 5.41. The van der Waals surface area contributed by atoms with Crippen LogP contribution in [0, 0.1) is 5.92 Å². The summed E-state index contributed by atoms with van der Waals surface area (Å²) in [5, 5.41) is 12.4. The van der Waals surface area contributed by atoms with Gasteiger partial charge >= 0.3 is 11.4 Å². The van der Waals surface area contributed by atoms with E-state index in [-0.39, 0.29) is 18.4 Å². The fourth-order valence-corrected chi connectivity index (χ4v) is 8.89. The standard InChI is InChI=1S/C35H37NO6S/c37-28-16-17-35(38)30-21-27-14-15-29(32-31(27)34(35,33(28)41-32)18-19-36(30)22-24-8-9-24)42-43(39)40-20-4-5-23-10-12-26(13-11-23)25-6-2-1-3-7-25/h1-3,6-7,10-15,24,30,33,38H,4-5,8-9,16-22H2. The number of hydrogen-bond donors (Lipinski definition) is 1. The molecule has 2 bridgehead atoms. The Kier molecular flexibility index (Phi) is 6.75. The normalized spacial score (nSPS) is 29.6. The highest BCUT2D eigenvalue weighted by molar-refractivity contribution is 7.75. The van der Waals surface area contributed by atoms with Gasteiger partial charge in [0, 0.05) is 24.6 Å². The topological polar surface area (TPSA) is 85.3 Å². The van der Waals surface area contributed by atoms with Crippen LogP contribution in [0.5, 0.6) is 11.5 Å². The highest BCUT2D eigenvalue weighted by Crippen LogP contribution is 2.65. The minimum atomic E-state index is -2.03. The summed E-state index contributed by atoms with van der Waals surface area (Å²) in [5.74, 6) is 1.52. The molecule has 0 radical (unpaired) electrons. The van der Waals surface area contributed by atoms with Crippen LogP contribution in [-0.4, -0.2) is 57.4 Å². The Morgan fingerprint density at radius 3 is 2.58 bits per heavy atom. The molecule has 3 aromatic carbocycles. The van der Waals surface area contributed by atoms with Crippen molar-refractivity contribution in [3.63, 3.8) is 0 Å². The van der Waals surface area contributed by atoms with Crippen LogP contribution in [0.25, 0.3) is 11.1 Å². The molecule has 3 aromatic rings. The fraction of sp³-hybridized carbons (Fsp3) is 0.457. The van der Waals surface area contributed by atoms with Crippen molar-refractivity contribution in [1.82, 2.24) is 4.90 Å². The van der Waals surface area contributed by atoms with E-state index in [0.29, 0.717) is 43.6 Å². The van der Waals surface area contributed by atoms with Gasteiger partial charge in [0.1, 0.15) is 0 Å². The first kappa shape index (κ1) is 27.5. The third-order valence-corrected chi connectivity index (χ3v) is 11.2. The number of Topliss-reactive ketones (excluding diaryl/α,β-unsaturated/α-hetero) is 1. The van der Waals surface area contributed by atoms with Gasteiger partial charge < -0.3 is 14.0 Å². The summed E-state index contributed by atoms with van der Waals surface area (Å²) >= 11 is -2.03. The predicted octanol–water partition coefficient (Wildman–Crippen LogP) is 5.09. The molecule has 224 valence electrons. The maximum atomic E-state index is 13.3. The first-order valence-electron chi connectivity index (χ1n) is 15.7. The highest BCUT2D eigenvalue weighted by atomic mass is 32.2. The SMILES string of the molecule is O=C1CCC2(O)C3Cc4ccc(OS(=O)OCCCc5ccc(-c6ccccc6)cc5)c5c4C2(CCN3CC2CC2)C1O5. The Morgan fingerprint density at radius 1 is 1.00 bits per heavy atom. The van der Waals surface area contributed by atoms with E-state index in [1.54, 1.807) is 6.07 Å². The quantitative estimate of drug-likeness (QED) is 0.325. The second-order valence-electron chi connectivity index (χ2n) is 13.0. The molecule has 1 spiro atoms. The zero-order chi connectivity index (χ0) is 29.2. The van der Waals surface area contributed by atoms with Gasteiger partial charge in [0.2, 0.25) is 0 Å². The van der Waals surface area contributed by atoms with Crippen LogP contribution in [0.15, 0.2) is 66.7 Å². The van der Waals surface area contributed by atoms with Gasteiger partial charge in [0.15, 0.2) is 23.4 Å². The van der Waals surface area contributed by atoms with Gasteiger partial charge in [0.25, 0.3) is 0 Å². The average Bonchev–Trinajstić information content (AvgIpc) is 3.77. The van der Waals surface area contributed by atoms with Gasteiger partial charge in [-0.2, -0.15) is 4.21 Å². The van der Waals surface area contributed by atoms with E-state index >= 15 is 0 Å². The van der Waals surface area contributed by atoms with Crippen LogP contribution in [0.3, 0.4) is 0 Å². The molecule has 8 heteroatoms. The second kappa shape index (κ2) is 10.5. The molecule has 8 rings (SSSR count). The number of carbonyl (C=O) groups is 1. The molecule has 2 saturated carbocycles. The molecule has 5 aliphatic rings. The Morgan fingerprint density at radius 2 is 1.79 bits per heavy atom. The van der Waals surface area contributed by atoms with Crippen molar-refractivity contribution in [2.75, 3.05) is 19.7 Å². The van der Waals surface area contributed by atoms with Gasteiger partial charge in [-0.3, -0.25) is 13.9 Å². The van der Waals surface area contributed by atoms with Gasteiger partial charge in [-0.1, -0.05) is 60.7 Å². The smallest absolute Gasteiger partial charge is 0.360 e. The van der Waals surface area contributed by atoms with Crippen LogP contribution < -0.4 is 8.92 Å². The van der Waals surface area contributed by atoms with Gasteiger partial charge in [0.05, 0.1) is 17.6 Å². The Balaban J connectivity index is 0.954. The number of nitrogens with zero attached hydrogens (tertiary/aromatic N) is 1. The minimum Gasteiger partial charge on any atom is -0.477 e. The summed E-state index contributed by atoms with van der Waals surface area (Å²) in [7, 11) is 0. The minimum absolute atomic E-state index is 0.0294. The van der Waals surface area contributed by atoms with Crippen molar-refractivity contribution in [3.05, 3.63) is 83.4 Å². The number of ether oxygens (including phenoxy) is 1. The van der Waals surface area contributed by atoms with E-state index in [2.05, 4.69) is 41.3 Å². The second-order valence-corrected chi connectivity index (χ2v) is 13.8. The molecule has 2 aliphatic heterocycles. The van der Waals surface area contributed by atoms with E-state index in [9.17, 15) is 14.1 Å². The molecule has 43 heavy (non-hydrogen) atoms. The molecular weight excluding hydrogens is 562 g/mol. The molecule has 3 fully saturated rings. The maximum absolute atomic E-state index is 13.3. The van der Waals surface area contributed by atoms with E-state index < -0.39 is 28.5 Å². The lowest BCUT2D eigenvalue weighted by Gasteiger charge is -2.62. The number of piperidine rings is 1. The number of aryl methyl sites for hydroxylation is 1. The van der Waals surface area contributed by atoms with E-state index in [0.717, 1.165) is 36.6 Å². The van der Waals surface area contributed by atoms with Gasteiger partial charge in [-0.25, -0.2) is 0 Å².